The van der Waals surface area contributed by atoms with Crippen LogP contribution < -0.4 is 5.32 Å². The molecule has 1 rings (SSSR count). The van der Waals surface area contributed by atoms with E-state index >= 15 is 0 Å². The van der Waals surface area contributed by atoms with Crippen molar-refractivity contribution in [2.24, 2.45) is 5.92 Å². The van der Waals surface area contributed by atoms with Crippen molar-refractivity contribution < 1.29 is 8.76 Å². The van der Waals surface area contributed by atoms with Crippen LogP contribution in [-0.2, 0) is 11.1 Å². The first-order valence-corrected chi connectivity index (χ1v) is 6.80. The lowest BCUT2D eigenvalue weighted by Crippen LogP contribution is -2.55. The van der Waals surface area contributed by atoms with Gasteiger partial charge < -0.3 is 4.55 Å². The van der Waals surface area contributed by atoms with Gasteiger partial charge in [0.1, 0.15) is 11.0 Å². The zero-order valence-electron chi connectivity index (χ0n) is 6.83. The fourth-order valence-corrected chi connectivity index (χ4v) is 3.65. The molecule has 1 fully saturated rings. The van der Waals surface area contributed by atoms with Gasteiger partial charge in [-0.3, -0.25) is 9.53 Å². The Kier molecular flexibility index (Phi) is 5.25. The van der Waals surface area contributed by atoms with E-state index in [1.165, 1.54) is 0 Å². The van der Waals surface area contributed by atoms with Gasteiger partial charge in [0.25, 0.3) is 0 Å². The third-order valence-corrected chi connectivity index (χ3v) is 4.89. The van der Waals surface area contributed by atoms with Gasteiger partial charge in [0.2, 0.25) is 0 Å². The highest BCUT2D eigenvalue weighted by atomic mass is 35.5. The van der Waals surface area contributed by atoms with Gasteiger partial charge in [0, 0.05) is 11.7 Å². The number of hydrogen-bond acceptors (Lipinski definition) is 3. The fraction of sp³-hybridized carbons (Fsp3) is 1.00. The van der Waals surface area contributed by atoms with E-state index < -0.39 is 38.8 Å². The average molecular weight is 300 g/mol. The van der Waals surface area contributed by atoms with Crippen LogP contribution in [0.5, 0.6) is 0 Å². The molecule has 84 valence electrons. The maximum absolute atomic E-state index is 10.5. The molecule has 0 bridgehead atoms. The van der Waals surface area contributed by atoms with Crippen molar-refractivity contribution in [1.29, 1.82) is 0 Å². The van der Waals surface area contributed by atoms with Crippen molar-refractivity contribution in [1.82, 2.24) is 5.32 Å². The van der Waals surface area contributed by atoms with E-state index in [4.69, 9.17) is 46.4 Å². The van der Waals surface area contributed by atoms with Gasteiger partial charge in [-0.25, -0.2) is 0 Å². The predicted molar refractivity (Wildman–Crippen MR) is 59.0 cm³/mol. The van der Waals surface area contributed by atoms with Crippen LogP contribution in [0.15, 0.2) is 0 Å². The summed E-state index contributed by atoms with van der Waals surface area (Å²) in [6.07, 6.45) is 0. The number of alkyl halides is 4. The molecule has 1 heterocycles. The molecule has 5 unspecified atom stereocenters. The van der Waals surface area contributed by atoms with Crippen LogP contribution >= 0.6 is 46.4 Å². The highest BCUT2D eigenvalue weighted by molar-refractivity contribution is 7.79. The summed E-state index contributed by atoms with van der Waals surface area (Å²) in [4.78, 5) is 0. The second-order valence-electron chi connectivity index (χ2n) is 2.99. The molecule has 8 heteroatoms. The lowest BCUT2D eigenvalue weighted by Gasteiger charge is -2.38. The highest BCUT2D eigenvalue weighted by Gasteiger charge is 2.41. The van der Waals surface area contributed by atoms with Crippen molar-refractivity contribution >= 4 is 57.5 Å². The van der Waals surface area contributed by atoms with Crippen LogP contribution in [0, 0.1) is 5.92 Å². The molecule has 0 radical (unpaired) electrons. The normalized spacial score (nSPS) is 46.2. The molecule has 0 aliphatic carbocycles. The molecule has 1 saturated heterocycles. The zero-order valence-corrected chi connectivity index (χ0v) is 10.7. The Morgan fingerprint density at radius 3 is 1.93 bits per heavy atom. The maximum Gasteiger partial charge on any atom is 0.101 e. The fourth-order valence-electron chi connectivity index (χ4n) is 1.29. The van der Waals surface area contributed by atoms with Crippen molar-refractivity contribution in [2.45, 2.75) is 21.8 Å². The summed E-state index contributed by atoms with van der Waals surface area (Å²) in [5.41, 5.74) is -1.13. The molecule has 0 spiro atoms. The summed E-state index contributed by atoms with van der Waals surface area (Å²) in [5, 5.41) is 1.65. The molecule has 1 aliphatic heterocycles. The zero-order chi connectivity index (χ0) is 10.9. The van der Waals surface area contributed by atoms with E-state index in [2.05, 4.69) is 5.32 Å². The first-order valence-electron chi connectivity index (χ1n) is 3.81. The standard InChI is InChI=1S/C6H9Cl4NO2S/c7-3-2(1-14(12)13)4(8)6(10)11-5(3)9/h2-6,11H,1H2,(H,12,13)/p-1. The first kappa shape index (κ1) is 13.3. The molecular weight excluding hydrogens is 292 g/mol. The SMILES string of the molecule is O=S([O-])CC1C(Cl)C(Cl)NC(Cl)C1Cl. The third kappa shape index (κ3) is 3.11. The molecule has 5 atom stereocenters. The van der Waals surface area contributed by atoms with Crippen molar-refractivity contribution in [2.75, 3.05) is 5.75 Å². The molecular formula is C6H8Cl4NO2S-. The number of rotatable bonds is 2. The van der Waals surface area contributed by atoms with Gasteiger partial charge in [0.05, 0.1) is 10.8 Å². The highest BCUT2D eigenvalue weighted by Crippen LogP contribution is 2.33. The maximum atomic E-state index is 10.5. The van der Waals surface area contributed by atoms with Gasteiger partial charge in [0.15, 0.2) is 0 Å². The van der Waals surface area contributed by atoms with Gasteiger partial charge in [-0.2, -0.15) is 0 Å². The summed E-state index contributed by atoms with van der Waals surface area (Å²) >= 11 is 21.3. The Bertz CT molecular complexity index is 218. The topological polar surface area (TPSA) is 52.2 Å². The molecule has 0 saturated carbocycles. The molecule has 0 amide bonds. The van der Waals surface area contributed by atoms with Gasteiger partial charge >= 0.3 is 0 Å². The van der Waals surface area contributed by atoms with E-state index in [9.17, 15) is 8.76 Å². The van der Waals surface area contributed by atoms with Crippen LogP contribution in [0.25, 0.3) is 0 Å². The third-order valence-electron chi connectivity index (χ3n) is 2.02. The Labute approximate surface area is 105 Å². The Balaban J connectivity index is 2.71. The summed E-state index contributed by atoms with van der Waals surface area (Å²) in [6.45, 7) is 0. The minimum atomic E-state index is -2.20. The van der Waals surface area contributed by atoms with E-state index in [0.717, 1.165) is 0 Å². The molecule has 0 aromatic rings. The summed E-state index contributed by atoms with van der Waals surface area (Å²) in [6, 6.07) is 0. The van der Waals surface area contributed by atoms with Crippen LogP contribution in [0.3, 0.4) is 0 Å². The van der Waals surface area contributed by atoms with Crippen molar-refractivity contribution in [3.63, 3.8) is 0 Å². The average Bonchev–Trinajstić information content (AvgIpc) is 2.09. The second-order valence-corrected chi connectivity index (χ2v) is 5.88. The largest absolute Gasteiger partial charge is 0.772 e. The van der Waals surface area contributed by atoms with E-state index in [0.29, 0.717) is 0 Å². The van der Waals surface area contributed by atoms with E-state index in [1.54, 1.807) is 0 Å². The predicted octanol–water partition coefficient (Wildman–Crippen LogP) is 1.43. The monoisotopic (exact) mass is 298 g/mol. The summed E-state index contributed by atoms with van der Waals surface area (Å²) in [5.74, 6) is -0.570. The smallest absolute Gasteiger partial charge is 0.101 e. The van der Waals surface area contributed by atoms with Crippen molar-refractivity contribution in [3.8, 4) is 0 Å². The molecule has 0 aromatic carbocycles. The Morgan fingerprint density at radius 1 is 1.14 bits per heavy atom. The lowest BCUT2D eigenvalue weighted by molar-refractivity contribution is 0.366. The van der Waals surface area contributed by atoms with Gasteiger partial charge in [-0.05, 0) is 0 Å². The van der Waals surface area contributed by atoms with Crippen LogP contribution in [0.4, 0.5) is 0 Å². The second kappa shape index (κ2) is 5.53. The first-order chi connectivity index (χ1) is 6.43. The van der Waals surface area contributed by atoms with E-state index in [-0.39, 0.29) is 5.75 Å². The number of halogens is 4. The summed E-state index contributed by atoms with van der Waals surface area (Å²) in [7, 11) is 0. The Morgan fingerprint density at radius 2 is 1.57 bits per heavy atom. The Hall–Kier alpha value is 1.23. The molecule has 0 aromatic heterocycles. The minimum Gasteiger partial charge on any atom is -0.772 e. The molecule has 14 heavy (non-hydrogen) atoms. The van der Waals surface area contributed by atoms with Crippen LogP contribution in [-0.4, -0.2) is 36.3 Å². The van der Waals surface area contributed by atoms with Gasteiger partial charge in [-0.1, -0.05) is 11.1 Å². The summed E-state index contributed by atoms with van der Waals surface area (Å²) < 4.78 is 21.1. The molecule has 3 nitrogen and oxygen atoms in total. The number of piperidine rings is 1. The van der Waals surface area contributed by atoms with Gasteiger partial charge in [-0.15, -0.1) is 46.4 Å². The molecule has 1 N–H and O–H groups in total. The van der Waals surface area contributed by atoms with Crippen LogP contribution in [0.2, 0.25) is 0 Å². The lowest BCUT2D eigenvalue weighted by atomic mass is 9.99. The minimum absolute atomic E-state index is 0.129. The number of hydrogen-bond donors (Lipinski definition) is 1. The number of nitrogens with one attached hydrogen (secondary N) is 1. The molecule has 1 aliphatic rings. The van der Waals surface area contributed by atoms with E-state index in [1.807, 2.05) is 0 Å². The quantitative estimate of drug-likeness (QED) is 0.477. The van der Waals surface area contributed by atoms with Crippen molar-refractivity contribution in [3.05, 3.63) is 0 Å². The van der Waals surface area contributed by atoms with Crippen LogP contribution in [0.1, 0.15) is 0 Å².